The number of halogens is 1. The van der Waals surface area contributed by atoms with Gasteiger partial charge in [0.2, 0.25) is 0 Å². The van der Waals surface area contributed by atoms with E-state index in [0.717, 1.165) is 10.0 Å². The van der Waals surface area contributed by atoms with Gasteiger partial charge in [0.05, 0.1) is 17.7 Å². The zero-order valence-corrected chi connectivity index (χ0v) is 11.7. The average Bonchev–Trinajstić information content (AvgIpc) is 2.70. The molecular formula is C12H13BrN4O. The lowest BCUT2D eigenvalue weighted by molar-refractivity contribution is 0.102. The van der Waals surface area contributed by atoms with Crippen molar-refractivity contribution in [2.75, 3.05) is 11.1 Å². The van der Waals surface area contributed by atoms with Gasteiger partial charge in [0.25, 0.3) is 5.91 Å². The first-order valence-electron chi connectivity index (χ1n) is 5.32. The summed E-state index contributed by atoms with van der Waals surface area (Å²) in [5.74, 6) is -0.285. The summed E-state index contributed by atoms with van der Waals surface area (Å²) in [5.41, 5.74) is 8.34. The second-order valence-corrected chi connectivity index (χ2v) is 4.94. The molecule has 6 heteroatoms. The quantitative estimate of drug-likeness (QED) is 0.836. The maximum Gasteiger partial charge on any atom is 0.275 e. The SMILES string of the molecule is Cc1cc(N)c(NC(=O)c2cn(C)cn2)c(Br)c1. The predicted octanol–water partition coefficient (Wildman–Crippen LogP) is 2.33. The molecule has 3 N–H and O–H groups in total. The number of carbonyl (C=O) groups is 1. The molecule has 1 aromatic heterocycles. The summed E-state index contributed by atoms with van der Waals surface area (Å²) in [6, 6.07) is 3.70. The second kappa shape index (κ2) is 4.81. The Kier molecular flexibility index (Phi) is 3.38. The van der Waals surface area contributed by atoms with Crippen LogP contribution in [0.15, 0.2) is 29.1 Å². The zero-order chi connectivity index (χ0) is 13.3. The lowest BCUT2D eigenvalue weighted by Crippen LogP contribution is -2.14. The first kappa shape index (κ1) is 12.6. The van der Waals surface area contributed by atoms with Gasteiger partial charge in [-0.15, -0.1) is 0 Å². The molecule has 0 fully saturated rings. The van der Waals surface area contributed by atoms with Crippen LogP contribution in [0.5, 0.6) is 0 Å². The van der Waals surface area contributed by atoms with E-state index in [0.29, 0.717) is 17.1 Å². The summed E-state index contributed by atoms with van der Waals surface area (Å²) in [4.78, 5) is 15.9. The van der Waals surface area contributed by atoms with E-state index in [-0.39, 0.29) is 5.91 Å². The molecule has 0 aliphatic rings. The van der Waals surface area contributed by atoms with Crippen molar-refractivity contribution in [3.8, 4) is 0 Å². The highest BCUT2D eigenvalue weighted by Crippen LogP contribution is 2.30. The summed E-state index contributed by atoms with van der Waals surface area (Å²) < 4.78 is 2.46. The minimum absolute atomic E-state index is 0.285. The monoisotopic (exact) mass is 308 g/mol. The van der Waals surface area contributed by atoms with Crippen LogP contribution in [-0.4, -0.2) is 15.5 Å². The smallest absolute Gasteiger partial charge is 0.275 e. The molecule has 0 radical (unpaired) electrons. The minimum atomic E-state index is -0.285. The topological polar surface area (TPSA) is 72.9 Å². The first-order chi connectivity index (χ1) is 8.47. The number of nitrogen functional groups attached to an aromatic ring is 1. The number of nitrogens with zero attached hydrogens (tertiary/aromatic N) is 2. The highest BCUT2D eigenvalue weighted by molar-refractivity contribution is 9.10. The number of imidazole rings is 1. The molecule has 0 spiro atoms. The zero-order valence-electron chi connectivity index (χ0n) is 10.1. The van der Waals surface area contributed by atoms with E-state index in [9.17, 15) is 4.79 Å². The third-order valence-corrected chi connectivity index (χ3v) is 3.07. The summed E-state index contributed by atoms with van der Waals surface area (Å²) in [5, 5.41) is 2.75. The largest absolute Gasteiger partial charge is 0.397 e. The van der Waals surface area contributed by atoms with Gasteiger partial charge in [0, 0.05) is 17.7 Å². The van der Waals surface area contributed by atoms with Gasteiger partial charge in [-0.25, -0.2) is 4.98 Å². The normalized spacial score (nSPS) is 10.4. The van der Waals surface area contributed by atoms with Crippen molar-refractivity contribution in [2.24, 2.45) is 7.05 Å². The molecule has 0 bridgehead atoms. The molecule has 94 valence electrons. The van der Waals surface area contributed by atoms with Crippen molar-refractivity contribution in [3.05, 3.63) is 40.4 Å². The molecule has 1 aromatic carbocycles. The van der Waals surface area contributed by atoms with Crippen LogP contribution in [0.3, 0.4) is 0 Å². The van der Waals surface area contributed by atoms with Gasteiger partial charge in [0.1, 0.15) is 5.69 Å². The lowest BCUT2D eigenvalue weighted by atomic mass is 10.2. The number of amides is 1. The summed E-state index contributed by atoms with van der Waals surface area (Å²) >= 11 is 3.38. The van der Waals surface area contributed by atoms with Crippen LogP contribution in [0, 0.1) is 6.92 Å². The number of carbonyl (C=O) groups excluding carboxylic acids is 1. The predicted molar refractivity (Wildman–Crippen MR) is 74.5 cm³/mol. The molecule has 0 saturated carbocycles. The fourth-order valence-electron chi connectivity index (χ4n) is 1.61. The number of rotatable bonds is 2. The van der Waals surface area contributed by atoms with Crippen LogP contribution in [0.1, 0.15) is 16.1 Å². The van der Waals surface area contributed by atoms with Crippen molar-refractivity contribution in [3.63, 3.8) is 0 Å². The summed E-state index contributed by atoms with van der Waals surface area (Å²) in [6.07, 6.45) is 3.22. The van der Waals surface area contributed by atoms with E-state index >= 15 is 0 Å². The molecule has 0 unspecified atom stereocenters. The molecule has 0 saturated heterocycles. The van der Waals surface area contributed by atoms with Crippen LogP contribution in [0.25, 0.3) is 0 Å². The molecule has 2 aromatic rings. The summed E-state index contributed by atoms with van der Waals surface area (Å²) in [6.45, 7) is 1.94. The molecule has 0 aliphatic heterocycles. The number of hydrogen-bond acceptors (Lipinski definition) is 3. The number of hydrogen-bond donors (Lipinski definition) is 2. The van der Waals surface area contributed by atoms with Crippen molar-refractivity contribution in [1.29, 1.82) is 0 Å². The van der Waals surface area contributed by atoms with Gasteiger partial charge in [-0.1, -0.05) is 0 Å². The fraction of sp³-hybridized carbons (Fsp3) is 0.167. The standard InChI is InChI=1S/C12H13BrN4O/c1-7-3-8(13)11(9(14)4-7)16-12(18)10-5-17(2)6-15-10/h3-6H,14H2,1-2H3,(H,16,18). The van der Waals surface area contributed by atoms with Crippen molar-refractivity contribution < 1.29 is 4.79 Å². The van der Waals surface area contributed by atoms with Crippen molar-refractivity contribution in [2.45, 2.75) is 6.92 Å². The Bertz CT molecular complexity index is 583. The molecule has 2 rings (SSSR count). The molecule has 5 nitrogen and oxygen atoms in total. The maximum atomic E-state index is 12.0. The number of benzene rings is 1. The van der Waals surface area contributed by atoms with Gasteiger partial charge in [0.15, 0.2) is 0 Å². The van der Waals surface area contributed by atoms with Crippen molar-refractivity contribution in [1.82, 2.24) is 9.55 Å². The molecule has 18 heavy (non-hydrogen) atoms. The van der Waals surface area contributed by atoms with E-state index in [4.69, 9.17) is 5.73 Å². The number of nitrogens with one attached hydrogen (secondary N) is 1. The average molecular weight is 309 g/mol. The van der Waals surface area contributed by atoms with E-state index in [1.54, 1.807) is 30.2 Å². The Morgan fingerprint density at radius 3 is 2.78 bits per heavy atom. The maximum absolute atomic E-state index is 12.0. The van der Waals surface area contributed by atoms with Crippen molar-refractivity contribution >= 4 is 33.2 Å². The van der Waals surface area contributed by atoms with Crippen LogP contribution < -0.4 is 11.1 Å². The third kappa shape index (κ3) is 2.53. The summed E-state index contributed by atoms with van der Waals surface area (Å²) in [7, 11) is 1.81. The number of aryl methyl sites for hydroxylation is 2. The van der Waals surface area contributed by atoms with E-state index in [2.05, 4.69) is 26.2 Å². The van der Waals surface area contributed by atoms with E-state index in [1.807, 2.05) is 13.0 Å². The minimum Gasteiger partial charge on any atom is -0.397 e. The first-order valence-corrected chi connectivity index (χ1v) is 6.11. The molecule has 1 amide bonds. The van der Waals surface area contributed by atoms with Gasteiger partial charge in [-0.05, 0) is 40.5 Å². The number of aromatic nitrogens is 2. The Balaban J connectivity index is 2.27. The lowest BCUT2D eigenvalue weighted by Gasteiger charge is -2.10. The van der Waals surface area contributed by atoms with Crippen LogP contribution >= 0.6 is 15.9 Å². The van der Waals surface area contributed by atoms with Gasteiger partial charge in [-0.2, -0.15) is 0 Å². The van der Waals surface area contributed by atoms with Crippen LogP contribution in [0.2, 0.25) is 0 Å². The van der Waals surface area contributed by atoms with Gasteiger partial charge >= 0.3 is 0 Å². The van der Waals surface area contributed by atoms with E-state index in [1.165, 1.54) is 0 Å². The number of nitrogens with two attached hydrogens (primary N) is 1. The highest BCUT2D eigenvalue weighted by Gasteiger charge is 2.13. The van der Waals surface area contributed by atoms with Gasteiger partial charge < -0.3 is 15.6 Å². The Labute approximate surface area is 113 Å². The molecule has 0 atom stereocenters. The Morgan fingerprint density at radius 2 is 2.22 bits per heavy atom. The highest BCUT2D eigenvalue weighted by atomic mass is 79.9. The Hall–Kier alpha value is -1.82. The molecule has 1 heterocycles. The van der Waals surface area contributed by atoms with Crippen LogP contribution in [0.4, 0.5) is 11.4 Å². The fourth-order valence-corrected chi connectivity index (χ4v) is 2.30. The van der Waals surface area contributed by atoms with Crippen LogP contribution in [-0.2, 0) is 7.05 Å². The molecular weight excluding hydrogens is 296 g/mol. The third-order valence-electron chi connectivity index (χ3n) is 2.44. The van der Waals surface area contributed by atoms with Gasteiger partial charge in [-0.3, -0.25) is 4.79 Å². The molecule has 0 aliphatic carbocycles. The second-order valence-electron chi connectivity index (χ2n) is 4.09. The Morgan fingerprint density at radius 1 is 1.50 bits per heavy atom. The van der Waals surface area contributed by atoms with E-state index < -0.39 is 0 Å². The number of anilines is 2.